The Kier molecular flexibility index (Phi) is 5.16. The van der Waals surface area contributed by atoms with Crippen molar-refractivity contribution in [3.05, 3.63) is 52.1 Å². The third kappa shape index (κ3) is 3.68. The third-order valence-corrected chi connectivity index (χ3v) is 6.52. The molecule has 0 spiro atoms. The summed E-state index contributed by atoms with van der Waals surface area (Å²) in [6, 6.07) is 6.95. The second kappa shape index (κ2) is 7.59. The van der Waals surface area contributed by atoms with Gasteiger partial charge in [0.05, 0.1) is 27.0 Å². The van der Waals surface area contributed by atoms with Gasteiger partial charge in [0, 0.05) is 22.6 Å². The highest BCUT2D eigenvalue weighted by molar-refractivity contribution is 7.85. The van der Waals surface area contributed by atoms with E-state index in [1.54, 1.807) is 20.8 Å². The van der Waals surface area contributed by atoms with Gasteiger partial charge in [0.1, 0.15) is 29.2 Å². The van der Waals surface area contributed by atoms with Crippen LogP contribution in [-0.4, -0.2) is 42.8 Å². The Labute approximate surface area is 185 Å². The van der Waals surface area contributed by atoms with Crippen molar-refractivity contribution in [2.45, 2.75) is 54.7 Å². The van der Waals surface area contributed by atoms with Gasteiger partial charge in [-0.2, -0.15) is 0 Å². The molecule has 2 heterocycles. The van der Waals surface area contributed by atoms with E-state index in [0.29, 0.717) is 5.75 Å². The number of phenols is 1. The Morgan fingerprint density at radius 1 is 1.25 bits per heavy atom. The molecule has 0 aliphatic carbocycles. The number of nitro benzene ring substituents is 1. The maximum Gasteiger partial charge on any atom is 0.417 e. The van der Waals surface area contributed by atoms with Gasteiger partial charge in [0.25, 0.3) is 5.69 Å². The van der Waals surface area contributed by atoms with E-state index in [-0.39, 0.29) is 33.2 Å². The van der Waals surface area contributed by atoms with Crippen LogP contribution < -0.4 is 4.74 Å². The highest BCUT2D eigenvalue weighted by Crippen LogP contribution is 2.51. The number of hydrogen-bond donors (Lipinski definition) is 1. The van der Waals surface area contributed by atoms with Crippen LogP contribution in [0, 0.1) is 10.1 Å². The molecule has 2 amide bonds. The maximum absolute atomic E-state index is 13.4. The largest absolute Gasteiger partial charge is 0.507 e. The lowest BCUT2D eigenvalue weighted by atomic mass is 10.0. The summed E-state index contributed by atoms with van der Waals surface area (Å²) >= 11 is 0. The van der Waals surface area contributed by atoms with Gasteiger partial charge in [0.15, 0.2) is 0 Å². The normalized spacial score (nSPS) is 20.3. The first kappa shape index (κ1) is 21.8. The number of hydrogen-bond acceptors (Lipinski definition) is 8. The number of fused-ring (bicyclic) bond motifs is 3. The van der Waals surface area contributed by atoms with Gasteiger partial charge in [-0.25, -0.2) is 13.9 Å². The molecule has 0 aromatic heterocycles. The summed E-state index contributed by atoms with van der Waals surface area (Å²) in [5.41, 5.74) is -0.765. The smallest absolute Gasteiger partial charge is 0.417 e. The van der Waals surface area contributed by atoms with Crippen LogP contribution in [0.15, 0.2) is 46.2 Å². The van der Waals surface area contributed by atoms with Gasteiger partial charge in [-0.15, -0.1) is 0 Å². The van der Waals surface area contributed by atoms with Gasteiger partial charge in [-0.05, 0) is 45.0 Å². The number of ether oxygens (including phenoxy) is 2. The minimum absolute atomic E-state index is 0.0212. The van der Waals surface area contributed by atoms with E-state index in [1.165, 1.54) is 36.4 Å². The number of nitrogens with zero attached hydrogens (tertiary/aromatic N) is 2. The minimum atomic E-state index is -1.97. The fourth-order valence-corrected chi connectivity index (χ4v) is 5.07. The summed E-state index contributed by atoms with van der Waals surface area (Å²) < 4.78 is 24.6. The number of rotatable bonds is 3. The van der Waals surface area contributed by atoms with Crippen LogP contribution in [0.4, 0.5) is 10.5 Å². The molecule has 10 nitrogen and oxygen atoms in total. The Morgan fingerprint density at radius 3 is 2.50 bits per heavy atom. The molecule has 4 rings (SSSR count). The number of benzene rings is 2. The molecule has 0 radical (unpaired) electrons. The number of amides is 2. The molecule has 0 saturated carbocycles. The number of carbonyl (C=O) groups is 2. The molecule has 1 saturated heterocycles. The molecule has 2 aliphatic heterocycles. The zero-order valence-corrected chi connectivity index (χ0v) is 18.3. The first-order chi connectivity index (χ1) is 15.0. The molecule has 11 heteroatoms. The highest BCUT2D eigenvalue weighted by atomic mass is 32.2. The SMILES string of the molecule is CC(C)(C)OC(=O)N1C(=O)C[C@H]2Oc3ccc(O)c([S@](=O)c4ccc([N+](=O)[O-])cc4)c3[C@H]21. The Balaban J connectivity index is 1.78. The standard InChI is InChI=1S/C21H20N2O8S/c1-21(2,3)31-20(26)22-16(25)10-15-18(22)17-14(30-15)9-8-13(24)19(17)32(29)12-6-4-11(5-7-12)23(27)28/h4-9,15,18,24H,10H2,1-3H3/t15-,18+,32-/m1/s1. The predicted octanol–water partition coefficient (Wildman–Crippen LogP) is 3.44. The van der Waals surface area contributed by atoms with Crippen molar-refractivity contribution in [2.75, 3.05) is 0 Å². The van der Waals surface area contributed by atoms with E-state index >= 15 is 0 Å². The van der Waals surface area contributed by atoms with E-state index in [2.05, 4.69) is 0 Å². The molecular formula is C21H20N2O8S. The van der Waals surface area contributed by atoms with Crippen molar-refractivity contribution in [3.8, 4) is 11.5 Å². The Morgan fingerprint density at radius 2 is 1.91 bits per heavy atom. The van der Waals surface area contributed by atoms with E-state index < -0.39 is 45.5 Å². The average Bonchev–Trinajstić information content (AvgIpc) is 3.20. The first-order valence-electron chi connectivity index (χ1n) is 9.71. The summed E-state index contributed by atoms with van der Waals surface area (Å²) in [6.45, 7) is 5.01. The number of phenolic OH excluding ortho intramolecular Hbond substituents is 1. The van der Waals surface area contributed by atoms with Crippen LogP contribution in [-0.2, 0) is 20.3 Å². The number of non-ortho nitro benzene ring substituents is 1. The number of likely N-dealkylation sites (tertiary alicyclic amines) is 1. The quantitative estimate of drug-likeness (QED) is 0.543. The van der Waals surface area contributed by atoms with Gasteiger partial charge in [-0.3, -0.25) is 14.9 Å². The highest BCUT2D eigenvalue weighted by Gasteiger charge is 2.53. The summed E-state index contributed by atoms with van der Waals surface area (Å²) in [5, 5.41) is 21.5. The monoisotopic (exact) mass is 460 g/mol. The summed E-state index contributed by atoms with van der Waals surface area (Å²) in [5.74, 6) is -0.521. The lowest BCUT2D eigenvalue weighted by Crippen LogP contribution is -2.39. The zero-order chi connectivity index (χ0) is 23.4. The van der Waals surface area contributed by atoms with Crippen molar-refractivity contribution in [3.63, 3.8) is 0 Å². The van der Waals surface area contributed by atoms with Crippen LogP contribution in [0.2, 0.25) is 0 Å². The van der Waals surface area contributed by atoms with Crippen molar-refractivity contribution in [1.82, 2.24) is 4.90 Å². The van der Waals surface area contributed by atoms with Crippen molar-refractivity contribution < 1.29 is 33.3 Å². The zero-order valence-electron chi connectivity index (χ0n) is 17.4. The molecule has 3 atom stereocenters. The van der Waals surface area contributed by atoms with Gasteiger partial charge < -0.3 is 14.6 Å². The summed E-state index contributed by atoms with van der Waals surface area (Å²) in [7, 11) is -1.97. The number of carbonyl (C=O) groups excluding carboxylic acids is 2. The second-order valence-corrected chi connectivity index (χ2v) is 9.81. The van der Waals surface area contributed by atoms with Crippen molar-refractivity contribution in [1.29, 1.82) is 0 Å². The number of aromatic hydroxyl groups is 1. The number of nitro groups is 1. The fourth-order valence-electron chi connectivity index (χ4n) is 3.77. The second-order valence-electron chi connectivity index (χ2n) is 8.39. The van der Waals surface area contributed by atoms with E-state index in [1.807, 2.05) is 0 Å². The molecule has 1 N–H and O–H groups in total. The number of imide groups is 1. The third-order valence-electron chi connectivity index (χ3n) is 5.02. The van der Waals surface area contributed by atoms with E-state index in [9.17, 15) is 29.0 Å². The van der Waals surface area contributed by atoms with Crippen molar-refractivity contribution >= 4 is 28.5 Å². The molecule has 2 aromatic rings. The van der Waals surface area contributed by atoms with Crippen LogP contribution in [0.1, 0.15) is 38.8 Å². The molecule has 168 valence electrons. The molecule has 0 bridgehead atoms. The fraction of sp³-hybridized carbons (Fsp3) is 0.333. The predicted molar refractivity (Wildman–Crippen MR) is 111 cm³/mol. The van der Waals surface area contributed by atoms with Crippen LogP contribution in [0.3, 0.4) is 0 Å². The molecular weight excluding hydrogens is 440 g/mol. The lowest BCUT2D eigenvalue weighted by molar-refractivity contribution is -0.384. The van der Waals surface area contributed by atoms with Crippen LogP contribution >= 0.6 is 0 Å². The molecule has 0 unspecified atom stereocenters. The lowest BCUT2D eigenvalue weighted by Gasteiger charge is -2.27. The van der Waals surface area contributed by atoms with Crippen LogP contribution in [0.5, 0.6) is 11.5 Å². The Bertz CT molecular complexity index is 1160. The summed E-state index contributed by atoms with van der Waals surface area (Å²) in [6.07, 6.45) is -1.65. The van der Waals surface area contributed by atoms with Gasteiger partial charge in [0.2, 0.25) is 5.91 Å². The van der Waals surface area contributed by atoms with Gasteiger partial charge in [-0.1, -0.05) is 0 Å². The first-order valence-corrected chi connectivity index (χ1v) is 10.9. The van der Waals surface area contributed by atoms with Crippen molar-refractivity contribution in [2.24, 2.45) is 0 Å². The molecule has 32 heavy (non-hydrogen) atoms. The van der Waals surface area contributed by atoms with Gasteiger partial charge >= 0.3 is 6.09 Å². The topological polar surface area (TPSA) is 136 Å². The maximum atomic E-state index is 13.4. The molecule has 1 fully saturated rings. The minimum Gasteiger partial charge on any atom is -0.507 e. The van der Waals surface area contributed by atoms with E-state index in [4.69, 9.17) is 9.47 Å². The summed E-state index contributed by atoms with van der Waals surface area (Å²) in [4.78, 5) is 36.8. The Hall–Kier alpha value is -3.47. The van der Waals surface area contributed by atoms with Crippen LogP contribution in [0.25, 0.3) is 0 Å². The van der Waals surface area contributed by atoms with E-state index in [0.717, 1.165) is 4.90 Å². The molecule has 2 aliphatic rings. The molecule has 2 aromatic carbocycles. The average molecular weight is 460 g/mol.